The summed E-state index contributed by atoms with van der Waals surface area (Å²) in [6.07, 6.45) is 0.841. The third kappa shape index (κ3) is 5.63. The minimum Gasteiger partial charge on any atom is -0.490 e. The highest BCUT2D eigenvalue weighted by molar-refractivity contribution is 8.00. The molecule has 0 saturated heterocycles. The summed E-state index contributed by atoms with van der Waals surface area (Å²) >= 11 is 1.34. The first kappa shape index (κ1) is 21.0. The van der Waals surface area contributed by atoms with Gasteiger partial charge in [-0.1, -0.05) is 19.9 Å². The summed E-state index contributed by atoms with van der Waals surface area (Å²) < 4.78 is 11.4. The van der Waals surface area contributed by atoms with Crippen LogP contribution < -0.4 is 14.8 Å². The number of benzene rings is 2. The van der Waals surface area contributed by atoms with E-state index in [2.05, 4.69) is 19.2 Å². The SMILES string of the molecule is CC(C)C(NC(=O)CSc1ccc([N+](=O)[O-])cc1)c1ccc2c(c1)OCCCO2. The summed E-state index contributed by atoms with van der Waals surface area (Å²) in [5, 5.41) is 13.8. The lowest BCUT2D eigenvalue weighted by Gasteiger charge is -2.24. The standard InChI is InChI=1S/C21H24N2O5S/c1-14(2)21(15-4-9-18-19(12-15)28-11-3-10-27-18)22-20(24)13-29-17-7-5-16(6-8-17)23(25)26/h4-9,12,14,21H,3,10-11,13H2,1-2H3,(H,22,24). The van der Waals surface area contributed by atoms with Crippen molar-refractivity contribution in [3.8, 4) is 11.5 Å². The summed E-state index contributed by atoms with van der Waals surface area (Å²) in [7, 11) is 0. The molecule has 0 saturated carbocycles. The van der Waals surface area contributed by atoms with Crippen molar-refractivity contribution in [3.05, 3.63) is 58.1 Å². The number of carbonyl (C=O) groups is 1. The Kier molecular flexibility index (Phi) is 6.98. The lowest BCUT2D eigenvalue weighted by Crippen LogP contribution is -2.33. The van der Waals surface area contributed by atoms with E-state index in [4.69, 9.17) is 9.47 Å². The van der Waals surface area contributed by atoms with E-state index in [9.17, 15) is 14.9 Å². The van der Waals surface area contributed by atoms with E-state index >= 15 is 0 Å². The number of carbonyl (C=O) groups excluding carboxylic acids is 1. The van der Waals surface area contributed by atoms with Gasteiger partial charge in [0.25, 0.3) is 5.69 Å². The largest absolute Gasteiger partial charge is 0.490 e. The van der Waals surface area contributed by atoms with E-state index < -0.39 is 4.92 Å². The van der Waals surface area contributed by atoms with Gasteiger partial charge >= 0.3 is 0 Å². The molecular weight excluding hydrogens is 392 g/mol. The zero-order chi connectivity index (χ0) is 20.8. The van der Waals surface area contributed by atoms with Crippen LogP contribution in [0.1, 0.15) is 31.9 Å². The van der Waals surface area contributed by atoms with Gasteiger partial charge in [-0.25, -0.2) is 0 Å². The zero-order valence-corrected chi connectivity index (χ0v) is 17.2. The van der Waals surface area contributed by atoms with E-state index in [0.717, 1.165) is 22.6 Å². The van der Waals surface area contributed by atoms with E-state index in [0.29, 0.717) is 19.0 Å². The Morgan fingerprint density at radius 3 is 2.48 bits per heavy atom. The van der Waals surface area contributed by atoms with Crippen molar-refractivity contribution in [2.24, 2.45) is 5.92 Å². The summed E-state index contributed by atoms with van der Waals surface area (Å²) in [4.78, 5) is 23.6. The molecule has 1 aliphatic rings. The number of nitro groups is 1. The summed E-state index contributed by atoms with van der Waals surface area (Å²) in [6.45, 7) is 5.35. The Morgan fingerprint density at radius 2 is 1.83 bits per heavy atom. The Bertz CT molecular complexity index is 870. The predicted octanol–water partition coefficient (Wildman–Crippen LogP) is 4.36. The van der Waals surface area contributed by atoms with Gasteiger partial charge in [-0.2, -0.15) is 0 Å². The van der Waals surface area contributed by atoms with Crippen molar-refractivity contribution in [1.29, 1.82) is 0 Å². The zero-order valence-electron chi connectivity index (χ0n) is 16.4. The number of nitrogens with one attached hydrogen (secondary N) is 1. The Labute approximate surface area is 173 Å². The number of rotatable bonds is 7. The number of amides is 1. The van der Waals surface area contributed by atoms with Gasteiger partial charge in [0.05, 0.1) is 29.9 Å². The van der Waals surface area contributed by atoms with Crippen LogP contribution in [0.4, 0.5) is 5.69 Å². The van der Waals surface area contributed by atoms with E-state index in [1.54, 1.807) is 12.1 Å². The molecule has 1 N–H and O–H groups in total. The van der Waals surface area contributed by atoms with Gasteiger partial charge in [0, 0.05) is 23.4 Å². The first-order chi connectivity index (χ1) is 13.9. The fourth-order valence-corrected chi connectivity index (χ4v) is 3.75. The Morgan fingerprint density at radius 1 is 1.14 bits per heavy atom. The number of hydrogen-bond acceptors (Lipinski definition) is 6. The first-order valence-corrected chi connectivity index (χ1v) is 10.5. The monoisotopic (exact) mass is 416 g/mol. The highest BCUT2D eigenvalue weighted by atomic mass is 32.2. The molecule has 0 spiro atoms. The van der Waals surface area contributed by atoms with Crippen LogP contribution in [0.2, 0.25) is 0 Å². The molecule has 2 aromatic rings. The highest BCUT2D eigenvalue weighted by Gasteiger charge is 2.21. The molecule has 1 heterocycles. The average Bonchev–Trinajstić information content (AvgIpc) is 2.95. The molecule has 0 bridgehead atoms. The first-order valence-electron chi connectivity index (χ1n) is 9.50. The smallest absolute Gasteiger partial charge is 0.269 e. The number of nitrogens with zero attached hydrogens (tertiary/aromatic N) is 1. The van der Waals surface area contributed by atoms with Crippen molar-refractivity contribution in [1.82, 2.24) is 5.32 Å². The molecule has 2 aromatic carbocycles. The fraction of sp³-hybridized carbons (Fsp3) is 0.381. The lowest BCUT2D eigenvalue weighted by atomic mass is 9.95. The maximum Gasteiger partial charge on any atom is 0.269 e. The molecule has 1 aliphatic heterocycles. The molecule has 8 heteroatoms. The van der Waals surface area contributed by atoms with Crippen LogP contribution in [0.5, 0.6) is 11.5 Å². The average molecular weight is 416 g/mol. The molecule has 0 aromatic heterocycles. The van der Waals surface area contributed by atoms with E-state index in [1.165, 1.54) is 23.9 Å². The second kappa shape index (κ2) is 9.65. The fourth-order valence-electron chi connectivity index (χ4n) is 3.04. The van der Waals surface area contributed by atoms with E-state index in [1.807, 2.05) is 18.2 Å². The second-order valence-electron chi connectivity index (χ2n) is 7.09. The number of non-ortho nitro benzene ring substituents is 1. The summed E-state index contributed by atoms with van der Waals surface area (Å²) in [5.74, 6) is 1.76. The molecule has 1 amide bonds. The molecule has 1 unspecified atom stereocenters. The van der Waals surface area contributed by atoms with E-state index in [-0.39, 0.29) is 29.3 Å². The number of hydrogen-bond donors (Lipinski definition) is 1. The van der Waals surface area contributed by atoms with Gasteiger partial charge in [0.1, 0.15) is 0 Å². The molecular formula is C21H24N2O5S. The minimum atomic E-state index is -0.441. The molecule has 0 radical (unpaired) electrons. The van der Waals surface area contributed by atoms with Crippen molar-refractivity contribution in [2.75, 3.05) is 19.0 Å². The molecule has 0 fully saturated rings. The third-order valence-corrected chi connectivity index (χ3v) is 5.54. The predicted molar refractivity (Wildman–Crippen MR) is 112 cm³/mol. The van der Waals surface area contributed by atoms with Gasteiger partial charge in [-0.05, 0) is 35.7 Å². The quantitative estimate of drug-likeness (QED) is 0.410. The van der Waals surface area contributed by atoms with Crippen LogP contribution >= 0.6 is 11.8 Å². The maximum absolute atomic E-state index is 12.5. The number of fused-ring (bicyclic) bond motifs is 1. The number of thioether (sulfide) groups is 1. The summed E-state index contributed by atoms with van der Waals surface area (Å²) in [5.41, 5.74) is 1.01. The molecule has 154 valence electrons. The van der Waals surface area contributed by atoms with Crippen LogP contribution in [-0.2, 0) is 4.79 Å². The molecule has 1 atom stereocenters. The van der Waals surface area contributed by atoms with Gasteiger partial charge in [0.2, 0.25) is 5.91 Å². The normalized spacial score (nSPS) is 14.2. The van der Waals surface area contributed by atoms with Crippen LogP contribution in [0.3, 0.4) is 0 Å². The number of ether oxygens (including phenoxy) is 2. The van der Waals surface area contributed by atoms with Gasteiger partial charge in [-0.15, -0.1) is 11.8 Å². The molecule has 3 rings (SSSR count). The van der Waals surface area contributed by atoms with Gasteiger partial charge in [0.15, 0.2) is 11.5 Å². The maximum atomic E-state index is 12.5. The molecule has 7 nitrogen and oxygen atoms in total. The third-order valence-electron chi connectivity index (χ3n) is 4.53. The summed E-state index contributed by atoms with van der Waals surface area (Å²) in [6, 6.07) is 11.8. The lowest BCUT2D eigenvalue weighted by molar-refractivity contribution is -0.384. The van der Waals surface area contributed by atoms with Crippen molar-refractivity contribution < 1.29 is 19.2 Å². The molecule has 0 aliphatic carbocycles. The van der Waals surface area contributed by atoms with Crippen molar-refractivity contribution in [3.63, 3.8) is 0 Å². The van der Waals surface area contributed by atoms with Crippen LogP contribution in [0.15, 0.2) is 47.4 Å². The van der Waals surface area contributed by atoms with Crippen molar-refractivity contribution >= 4 is 23.4 Å². The van der Waals surface area contributed by atoms with Crippen molar-refractivity contribution in [2.45, 2.75) is 31.2 Å². The topological polar surface area (TPSA) is 90.7 Å². The highest BCUT2D eigenvalue weighted by Crippen LogP contribution is 2.34. The second-order valence-corrected chi connectivity index (χ2v) is 8.13. The Hall–Kier alpha value is -2.74. The Balaban J connectivity index is 1.63. The van der Waals surface area contributed by atoms with Crippen LogP contribution in [0.25, 0.3) is 0 Å². The van der Waals surface area contributed by atoms with Gasteiger partial charge in [-0.3, -0.25) is 14.9 Å². The van der Waals surface area contributed by atoms with Crippen LogP contribution in [0, 0.1) is 16.0 Å². The van der Waals surface area contributed by atoms with Crippen LogP contribution in [-0.4, -0.2) is 29.8 Å². The number of nitro benzene ring substituents is 1. The van der Waals surface area contributed by atoms with Gasteiger partial charge < -0.3 is 14.8 Å². The molecule has 29 heavy (non-hydrogen) atoms. The minimum absolute atomic E-state index is 0.0353.